The molecule has 0 bridgehead atoms. The lowest BCUT2D eigenvalue weighted by Gasteiger charge is -2.55. The molecule has 4 amide bonds. The lowest BCUT2D eigenvalue weighted by Crippen LogP contribution is -2.76. The monoisotopic (exact) mass is 555 g/mol. The summed E-state index contributed by atoms with van der Waals surface area (Å²) in [5.41, 5.74) is 1.74. The summed E-state index contributed by atoms with van der Waals surface area (Å²) in [6.07, 6.45) is 5.36. The average molecular weight is 556 g/mol. The number of hydrazine groups is 1. The van der Waals surface area contributed by atoms with Crippen molar-refractivity contribution in [1.82, 2.24) is 25.1 Å². The Morgan fingerprint density at radius 3 is 2.50 bits per heavy atom. The number of amides is 4. The Balaban J connectivity index is 1.66. The highest BCUT2D eigenvalue weighted by atomic mass is 35.5. The molecule has 38 heavy (non-hydrogen) atoms. The van der Waals surface area contributed by atoms with Gasteiger partial charge in [-0.25, -0.2) is 9.80 Å². The quantitative estimate of drug-likeness (QED) is 0.524. The first kappa shape index (κ1) is 27.8. The Kier molecular flexibility index (Phi) is 8.83. The number of halogens is 2. The van der Waals surface area contributed by atoms with E-state index in [1.54, 1.807) is 26.9 Å². The molecule has 10 heteroatoms. The second-order valence-corrected chi connectivity index (χ2v) is 10.7. The summed E-state index contributed by atoms with van der Waals surface area (Å²) in [5, 5.41) is 6.85. The van der Waals surface area contributed by atoms with E-state index >= 15 is 0 Å². The molecule has 0 unspecified atom stereocenters. The summed E-state index contributed by atoms with van der Waals surface area (Å²) < 4.78 is 0. The van der Waals surface area contributed by atoms with E-state index in [9.17, 15) is 14.4 Å². The van der Waals surface area contributed by atoms with Gasteiger partial charge in [0.2, 0.25) is 11.8 Å². The number of hydrogen-bond acceptors (Lipinski definition) is 4. The van der Waals surface area contributed by atoms with Crippen molar-refractivity contribution in [3.63, 3.8) is 0 Å². The summed E-state index contributed by atoms with van der Waals surface area (Å²) in [6.45, 7) is 4.69. The fourth-order valence-corrected chi connectivity index (χ4v) is 5.29. The molecule has 0 aliphatic carbocycles. The van der Waals surface area contributed by atoms with E-state index in [1.807, 2.05) is 50.2 Å². The summed E-state index contributed by atoms with van der Waals surface area (Å²) in [7, 11) is 0. The van der Waals surface area contributed by atoms with E-state index in [2.05, 4.69) is 11.2 Å². The number of benzene rings is 2. The first-order valence-electron chi connectivity index (χ1n) is 12.5. The van der Waals surface area contributed by atoms with Crippen molar-refractivity contribution in [2.24, 2.45) is 5.92 Å². The van der Waals surface area contributed by atoms with Crippen LogP contribution in [0.15, 0.2) is 48.5 Å². The Hall–Kier alpha value is -3.25. The van der Waals surface area contributed by atoms with Gasteiger partial charge in [-0.3, -0.25) is 9.59 Å². The van der Waals surface area contributed by atoms with E-state index in [-0.39, 0.29) is 43.9 Å². The van der Waals surface area contributed by atoms with Crippen LogP contribution in [-0.2, 0) is 22.7 Å². The highest BCUT2D eigenvalue weighted by Gasteiger charge is 2.51. The Labute approximate surface area is 233 Å². The van der Waals surface area contributed by atoms with Crippen LogP contribution in [0.4, 0.5) is 4.79 Å². The van der Waals surface area contributed by atoms with Gasteiger partial charge in [-0.1, -0.05) is 79.4 Å². The molecule has 4 rings (SSSR count). The van der Waals surface area contributed by atoms with Crippen molar-refractivity contribution < 1.29 is 14.4 Å². The number of hydrogen-bond donors (Lipinski definition) is 1. The number of carbonyl (C=O) groups is 3. The van der Waals surface area contributed by atoms with Crippen LogP contribution < -0.4 is 5.32 Å². The topological polar surface area (TPSA) is 76.2 Å². The van der Waals surface area contributed by atoms with Gasteiger partial charge >= 0.3 is 6.03 Å². The van der Waals surface area contributed by atoms with Crippen molar-refractivity contribution in [3.05, 3.63) is 69.7 Å². The van der Waals surface area contributed by atoms with Gasteiger partial charge in [0.25, 0.3) is 0 Å². The van der Waals surface area contributed by atoms with E-state index in [1.165, 1.54) is 5.01 Å². The molecule has 200 valence electrons. The lowest BCUT2D eigenvalue weighted by molar-refractivity contribution is -0.190. The minimum Gasteiger partial charge on any atom is -0.333 e. The average Bonchev–Trinajstić information content (AvgIpc) is 2.88. The zero-order chi connectivity index (χ0) is 27.4. The fraction of sp³-hybridized carbons (Fsp3) is 0.393. The minimum absolute atomic E-state index is 0.0738. The van der Waals surface area contributed by atoms with E-state index < -0.39 is 18.2 Å². The van der Waals surface area contributed by atoms with Gasteiger partial charge in [0.15, 0.2) is 0 Å². The first-order chi connectivity index (χ1) is 18.2. The molecule has 2 aliphatic heterocycles. The summed E-state index contributed by atoms with van der Waals surface area (Å²) >= 11 is 12.3. The van der Waals surface area contributed by atoms with Gasteiger partial charge in [-0.2, -0.15) is 5.01 Å². The van der Waals surface area contributed by atoms with Crippen molar-refractivity contribution in [1.29, 1.82) is 0 Å². The molecule has 8 nitrogen and oxygen atoms in total. The number of piperazine rings is 1. The first-order valence-corrected chi connectivity index (χ1v) is 13.3. The summed E-state index contributed by atoms with van der Waals surface area (Å²) in [6, 6.07) is 13.7. The normalized spacial score (nSPS) is 19.9. The van der Waals surface area contributed by atoms with Crippen LogP contribution in [-0.4, -0.2) is 69.5 Å². The predicted octanol–water partition coefficient (Wildman–Crippen LogP) is 3.98. The number of rotatable bonds is 7. The Bertz CT molecular complexity index is 1230. The highest BCUT2D eigenvalue weighted by Crippen LogP contribution is 2.31. The number of nitrogens with zero attached hydrogens (tertiary/aromatic N) is 4. The molecular formula is C28H31Cl2N5O3. The molecule has 0 aromatic heterocycles. The number of terminal acetylenes is 1. The number of carbonyl (C=O) groups excluding carboxylic acids is 3. The number of fused-ring (bicyclic) bond motifs is 1. The Morgan fingerprint density at radius 1 is 1.11 bits per heavy atom. The van der Waals surface area contributed by atoms with Gasteiger partial charge < -0.3 is 15.1 Å². The molecule has 2 saturated heterocycles. The molecule has 2 aliphatic rings. The number of nitrogens with one attached hydrogen (secondary N) is 1. The zero-order valence-corrected chi connectivity index (χ0v) is 23.0. The molecule has 0 radical (unpaired) electrons. The van der Waals surface area contributed by atoms with Gasteiger partial charge in [-0.15, -0.1) is 6.42 Å². The van der Waals surface area contributed by atoms with Gasteiger partial charge in [-0.05, 0) is 35.6 Å². The van der Waals surface area contributed by atoms with E-state index in [0.717, 1.165) is 11.1 Å². The molecule has 2 heterocycles. The van der Waals surface area contributed by atoms with Crippen LogP contribution in [0.5, 0.6) is 0 Å². The summed E-state index contributed by atoms with van der Waals surface area (Å²) in [4.78, 5) is 44.0. The van der Waals surface area contributed by atoms with Crippen LogP contribution in [0.3, 0.4) is 0 Å². The largest absolute Gasteiger partial charge is 0.334 e. The van der Waals surface area contributed by atoms with Crippen LogP contribution >= 0.6 is 23.2 Å². The maximum Gasteiger partial charge on any atom is 0.334 e. The molecule has 1 N–H and O–H groups in total. The molecular weight excluding hydrogens is 525 g/mol. The maximum absolute atomic E-state index is 13.7. The molecule has 2 aromatic carbocycles. The standard InChI is InChI=1S/C28H31Cl2N5O3/c1-4-12-33-18-26(36)34-24(13-19(2)3)27(37)32(16-21-10-11-22(29)23(30)14-21)17-25(34)35(33)28(38)31-15-20-8-6-5-7-9-20/h1,5-11,14,19,24-25H,12-13,15-18H2,2-3H3,(H,31,38)/t24-,25-/m0/s1. The Morgan fingerprint density at radius 2 is 1.84 bits per heavy atom. The van der Waals surface area contributed by atoms with Crippen LogP contribution in [0.25, 0.3) is 0 Å². The second-order valence-electron chi connectivity index (χ2n) is 9.91. The smallest absolute Gasteiger partial charge is 0.333 e. The summed E-state index contributed by atoms with van der Waals surface area (Å²) in [5.74, 6) is 2.30. The van der Waals surface area contributed by atoms with Gasteiger partial charge in [0, 0.05) is 13.1 Å². The minimum atomic E-state index is -0.718. The maximum atomic E-state index is 13.7. The predicted molar refractivity (Wildman–Crippen MR) is 147 cm³/mol. The van der Waals surface area contributed by atoms with Crippen molar-refractivity contribution in [2.45, 2.75) is 45.6 Å². The van der Waals surface area contributed by atoms with Gasteiger partial charge in [0.1, 0.15) is 12.2 Å². The van der Waals surface area contributed by atoms with Crippen molar-refractivity contribution in [3.8, 4) is 12.3 Å². The third-order valence-corrected chi connectivity index (χ3v) is 7.39. The van der Waals surface area contributed by atoms with E-state index in [0.29, 0.717) is 23.0 Å². The SMILES string of the molecule is C#CCN1CC(=O)N2[C@@H](CC(C)C)C(=O)N(Cc3ccc(Cl)c(Cl)c3)C[C@@H]2N1C(=O)NCc1ccccc1. The highest BCUT2D eigenvalue weighted by molar-refractivity contribution is 6.42. The number of urea groups is 1. The van der Waals surface area contributed by atoms with E-state index in [4.69, 9.17) is 29.6 Å². The molecule has 2 aromatic rings. The molecule has 0 spiro atoms. The van der Waals surface area contributed by atoms with Crippen LogP contribution in [0, 0.1) is 18.3 Å². The molecule has 2 fully saturated rings. The molecule has 2 atom stereocenters. The second kappa shape index (κ2) is 12.1. The van der Waals surface area contributed by atoms with Crippen LogP contribution in [0.2, 0.25) is 10.0 Å². The fourth-order valence-electron chi connectivity index (χ4n) is 4.97. The van der Waals surface area contributed by atoms with Gasteiger partial charge in [0.05, 0.1) is 29.7 Å². The third kappa shape index (κ3) is 6.07. The van der Waals surface area contributed by atoms with Crippen LogP contribution in [0.1, 0.15) is 31.4 Å². The van der Waals surface area contributed by atoms with Crippen molar-refractivity contribution >= 4 is 41.0 Å². The molecule has 0 saturated carbocycles. The third-order valence-electron chi connectivity index (χ3n) is 6.65. The zero-order valence-electron chi connectivity index (χ0n) is 21.4. The van der Waals surface area contributed by atoms with Crippen molar-refractivity contribution in [2.75, 3.05) is 19.6 Å². The lowest BCUT2D eigenvalue weighted by atomic mass is 9.96.